The van der Waals surface area contributed by atoms with Crippen molar-refractivity contribution in [2.45, 2.75) is 38.1 Å². The van der Waals surface area contributed by atoms with E-state index >= 15 is 0 Å². The predicted octanol–water partition coefficient (Wildman–Crippen LogP) is -0.557. The van der Waals surface area contributed by atoms with Crippen molar-refractivity contribution in [3.63, 3.8) is 0 Å². The van der Waals surface area contributed by atoms with Crippen LogP contribution in [0, 0.1) is 5.92 Å². The average molecular weight is 317 g/mol. The molecule has 2 aliphatic rings. The summed E-state index contributed by atoms with van der Waals surface area (Å²) >= 11 is 0. The van der Waals surface area contributed by atoms with Crippen LogP contribution in [0.1, 0.15) is 32.1 Å². The van der Waals surface area contributed by atoms with Gasteiger partial charge in [0.1, 0.15) is 0 Å². The van der Waals surface area contributed by atoms with Crippen molar-refractivity contribution >= 4 is 21.8 Å². The quantitative estimate of drug-likeness (QED) is 0.711. The number of carbonyl (C=O) groups is 2. The van der Waals surface area contributed by atoms with Crippen molar-refractivity contribution in [2.75, 3.05) is 25.9 Å². The number of nitrogens with zero attached hydrogens (tertiary/aromatic N) is 1. The lowest BCUT2D eigenvalue weighted by atomic mass is 9.96. The Morgan fingerprint density at radius 1 is 1.43 bits per heavy atom. The number of piperidine rings is 1. The summed E-state index contributed by atoms with van der Waals surface area (Å²) < 4.78 is 24.7. The highest BCUT2D eigenvalue weighted by molar-refractivity contribution is 7.88. The second-order valence-electron chi connectivity index (χ2n) is 5.84. The van der Waals surface area contributed by atoms with E-state index in [1.54, 1.807) is 0 Å². The maximum absolute atomic E-state index is 12.5. The van der Waals surface area contributed by atoms with E-state index in [-0.39, 0.29) is 30.2 Å². The minimum absolute atomic E-state index is 0.0254. The zero-order valence-electron chi connectivity index (χ0n) is 12.3. The Morgan fingerprint density at radius 3 is 2.81 bits per heavy atom. The summed E-state index contributed by atoms with van der Waals surface area (Å²) in [5.41, 5.74) is 0. The van der Waals surface area contributed by atoms with Gasteiger partial charge in [0.05, 0.1) is 12.2 Å². The molecule has 7 nitrogen and oxygen atoms in total. The normalized spacial score (nSPS) is 26.7. The van der Waals surface area contributed by atoms with Gasteiger partial charge in [0.15, 0.2) is 0 Å². The fraction of sp³-hybridized carbons (Fsp3) is 0.846. The minimum Gasteiger partial charge on any atom is -0.355 e. The third-order valence-electron chi connectivity index (χ3n) is 4.08. The summed E-state index contributed by atoms with van der Waals surface area (Å²) in [6.07, 6.45) is 4.93. The molecule has 0 aromatic heterocycles. The Kier molecular flexibility index (Phi) is 5.21. The Morgan fingerprint density at radius 2 is 2.19 bits per heavy atom. The number of amides is 2. The third kappa shape index (κ3) is 4.67. The summed E-state index contributed by atoms with van der Waals surface area (Å²) in [6, 6.07) is 0.0659. The molecule has 2 saturated heterocycles. The molecule has 0 radical (unpaired) electrons. The molecule has 2 aliphatic heterocycles. The number of nitrogens with one attached hydrogen (secondary N) is 2. The smallest absolute Gasteiger partial charge is 0.228 e. The van der Waals surface area contributed by atoms with Crippen molar-refractivity contribution in [1.29, 1.82) is 0 Å². The van der Waals surface area contributed by atoms with Crippen LogP contribution in [-0.2, 0) is 19.6 Å². The molecule has 2 N–H and O–H groups in total. The van der Waals surface area contributed by atoms with Crippen LogP contribution in [0.3, 0.4) is 0 Å². The molecule has 2 atom stereocenters. The first kappa shape index (κ1) is 16.2. The average Bonchev–Trinajstić information content (AvgIpc) is 2.84. The topological polar surface area (TPSA) is 95.6 Å². The molecule has 2 fully saturated rings. The Bertz CT molecular complexity index is 506. The number of carbonyl (C=O) groups excluding carboxylic acids is 2. The van der Waals surface area contributed by atoms with Gasteiger partial charge in [-0.3, -0.25) is 9.59 Å². The minimum atomic E-state index is -3.19. The highest BCUT2D eigenvalue weighted by atomic mass is 32.2. The Hall–Kier alpha value is -1.15. The van der Waals surface area contributed by atoms with Crippen LogP contribution in [0.5, 0.6) is 0 Å². The molecule has 0 spiro atoms. The molecule has 0 aliphatic carbocycles. The molecule has 21 heavy (non-hydrogen) atoms. The molecule has 0 aromatic rings. The molecule has 0 bridgehead atoms. The van der Waals surface area contributed by atoms with E-state index in [0.717, 1.165) is 25.5 Å². The summed E-state index contributed by atoms with van der Waals surface area (Å²) in [4.78, 5) is 25.6. The maximum Gasteiger partial charge on any atom is 0.228 e. The predicted molar refractivity (Wildman–Crippen MR) is 77.9 cm³/mol. The highest BCUT2D eigenvalue weighted by Gasteiger charge is 2.35. The van der Waals surface area contributed by atoms with Crippen LogP contribution >= 0.6 is 0 Å². The Balaban J connectivity index is 1.91. The van der Waals surface area contributed by atoms with Gasteiger partial charge in [-0.05, 0) is 25.7 Å². The van der Waals surface area contributed by atoms with Crippen LogP contribution in [0.4, 0.5) is 0 Å². The van der Waals surface area contributed by atoms with Crippen molar-refractivity contribution in [3.8, 4) is 0 Å². The summed E-state index contributed by atoms with van der Waals surface area (Å²) in [5, 5.41) is 2.69. The first-order valence-corrected chi connectivity index (χ1v) is 9.28. The third-order valence-corrected chi connectivity index (χ3v) is 4.81. The molecule has 2 unspecified atom stereocenters. The second kappa shape index (κ2) is 6.74. The van der Waals surface area contributed by atoms with Gasteiger partial charge in [-0.15, -0.1) is 0 Å². The molecular formula is C13H23N3O4S. The van der Waals surface area contributed by atoms with Crippen LogP contribution in [-0.4, -0.2) is 57.1 Å². The zero-order chi connectivity index (χ0) is 15.5. The van der Waals surface area contributed by atoms with Crippen molar-refractivity contribution < 1.29 is 18.0 Å². The number of rotatable bonds is 5. The van der Waals surface area contributed by atoms with Crippen molar-refractivity contribution in [1.82, 2.24) is 14.9 Å². The van der Waals surface area contributed by atoms with E-state index in [0.29, 0.717) is 26.1 Å². The fourth-order valence-electron chi connectivity index (χ4n) is 3.02. The molecule has 2 heterocycles. The van der Waals surface area contributed by atoms with Crippen molar-refractivity contribution in [2.24, 2.45) is 5.92 Å². The lowest BCUT2D eigenvalue weighted by Crippen LogP contribution is -2.48. The molecule has 0 saturated carbocycles. The van der Waals surface area contributed by atoms with Crippen LogP contribution in [0.15, 0.2) is 0 Å². The van der Waals surface area contributed by atoms with E-state index in [9.17, 15) is 18.0 Å². The van der Waals surface area contributed by atoms with E-state index in [2.05, 4.69) is 10.0 Å². The molecule has 8 heteroatoms. The number of sulfonamides is 1. The van der Waals surface area contributed by atoms with Gasteiger partial charge >= 0.3 is 0 Å². The lowest BCUT2D eigenvalue weighted by molar-refractivity contribution is -0.139. The van der Waals surface area contributed by atoms with Crippen molar-refractivity contribution in [3.05, 3.63) is 0 Å². The first-order chi connectivity index (χ1) is 9.87. The summed E-state index contributed by atoms with van der Waals surface area (Å²) in [7, 11) is -3.19. The van der Waals surface area contributed by atoms with Gasteiger partial charge in [-0.25, -0.2) is 13.1 Å². The second-order valence-corrected chi connectivity index (χ2v) is 7.67. The van der Waals surface area contributed by atoms with Crippen LogP contribution < -0.4 is 10.0 Å². The largest absolute Gasteiger partial charge is 0.355 e. The van der Waals surface area contributed by atoms with Gasteiger partial charge in [-0.2, -0.15) is 0 Å². The Labute approximate surface area is 125 Å². The molecule has 120 valence electrons. The molecular weight excluding hydrogens is 294 g/mol. The highest BCUT2D eigenvalue weighted by Crippen LogP contribution is 2.23. The first-order valence-electron chi connectivity index (χ1n) is 7.38. The maximum atomic E-state index is 12.5. The lowest BCUT2D eigenvalue weighted by Gasteiger charge is -2.37. The number of likely N-dealkylation sites (tertiary alicyclic amines) is 1. The summed E-state index contributed by atoms with van der Waals surface area (Å²) in [6.45, 7) is 1.46. The van der Waals surface area contributed by atoms with Gasteiger partial charge in [0.25, 0.3) is 0 Å². The SMILES string of the molecule is CS(=O)(=O)NCCC1CCCCN1C(=O)C1CNC(=O)C1. The number of hydrogen-bond acceptors (Lipinski definition) is 4. The van der Waals surface area contributed by atoms with E-state index in [1.165, 1.54) is 0 Å². The van der Waals surface area contributed by atoms with E-state index < -0.39 is 10.0 Å². The van der Waals surface area contributed by atoms with E-state index in [4.69, 9.17) is 0 Å². The number of hydrogen-bond donors (Lipinski definition) is 2. The molecule has 2 amide bonds. The van der Waals surface area contributed by atoms with Crippen LogP contribution in [0.25, 0.3) is 0 Å². The van der Waals surface area contributed by atoms with E-state index in [1.807, 2.05) is 4.90 Å². The van der Waals surface area contributed by atoms with Gasteiger partial charge in [-0.1, -0.05) is 0 Å². The fourth-order valence-corrected chi connectivity index (χ4v) is 3.50. The molecule has 2 rings (SSSR count). The van der Waals surface area contributed by atoms with Gasteiger partial charge in [0, 0.05) is 32.1 Å². The van der Waals surface area contributed by atoms with Gasteiger partial charge in [0.2, 0.25) is 21.8 Å². The monoisotopic (exact) mass is 317 g/mol. The summed E-state index contributed by atoms with van der Waals surface area (Å²) in [5.74, 6) is -0.306. The zero-order valence-corrected chi connectivity index (χ0v) is 13.1. The van der Waals surface area contributed by atoms with Gasteiger partial charge < -0.3 is 10.2 Å². The van der Waals surface area contributed by atoms with Crippen LogP contribution in [0.2, 0.25) is 0 Å². The standard InChI is InChI=1S/C13H23N3O4S/c1-21(19,20)15-6-5-11-4-2-3-7-16(11)13(18)10-8-12(17)14-9-10/h10-11,15H,2-9H2,1H3,(H,14,17). The molecule has 0 aromatic carbocycles.